The first kappa shape index (κ1) is 11.8. The summed E-state index contributed by atoms with van der Waals surface area (Å²) in [5.41, 5.74) is 1.85. The van der Waals surface area contributed by atoms with Crippen molar-refractivity contribution in [1.29, 1.82) is 0 Å². The van der Waals surface area contributed by atoms with E-state index in [4.69, 9.17) is 4.74 Å². The molecule has 0 fully saturated rings. The molecule has 1 aromatic carbocycles. The van der Waals surface area contributed by atoms with Gasteiger partial charge < -0.3 is 4.74 Å². The Bertz CT molecular complexity index is 331. The van der Waals surface area contributed by atoms with Crippen LogP contribution < -0.4 is 4.74 Å². The van der Waals surface area contributed by atoms with Gasteiger partial charge in [0, 0.05) is 5.56 Å². The summed E-state index contributed by atoms with van der Waals surface area (Å²) >= 11 is 0. The number of aldehydes is 1. The van der Waals surface area contributed by atoms with Gasteiger partial charge in [-0.1, -0.05) is 13.8 Å². The second kappa shape index (κ2) is 5.54. The van der Waals surface area contributed by atoms with Crippen LogP contribution in [0.15, 0.2) is 18.2 Å². The average molecular weight is 206 g/mol. The zero-order valence-corrected chi connectivity index (χ0v) is 9.62. The highest BCUT2D eigenvalue weighted by Crippen LogP contribution is 2.29. The highest BCUT2D eigenvalue weighted by atomic mass is 16.5. The van der Waals surface area contributed by atoms with Crippen LogP contribution in [0.25, 0.3) is 0 Å². The molecular formula is C13H18O2. The Hall–Kier alpha value is -1.31. The number of rotatable bonds is 5. The van der Waals surface area contributed by atoms with Gasteiger partial charge in [0.2, 0.25) is 0 Å². The summed E-state index contributed by atoms with van der Waals surface area (Å²) in [6, 6.07) is 5.60. The van der Waals surface area contributed by atoms with Crippen LogP contribution >= 0.6 is 0 Å². The minimum atomic E-state index is 0.423. The summed E-state index contributed by atoms with van der Waals surface area (Å²) in [7, 11) is 0. The van der Waals surface area contributed by atoms with Crippen molar-refractivity contribution in [2.24, 2.45) is 0 Å². The number of benzene rings is 1. The van der Waals surface area contributed by atoms with Gasteiger partial charge in [0.1, 0.15) is 12.0 Å². The van der Waals surface area contributed by atoms with Crippen molar-refractivity contribution in [2.45, 2.75) is 33.1 Å². The summed E-state index contributed by atoms with van der Waals surface area (Å²) in [4.78, 5) is 10.7. The highest BCUT2D eigenvalue weighted by Gasteiger charge is 2.10. The Labute approximate surface area is 91.3 Å². The molecule has 0 bridgehead atoms. The zero-order valence-electron chi connectivity index (χ0n) is 9.62. The fourth-order valence-corrected chi connectivity index (χ4v) is 1.53. The van der Waals surface area contributed by atoms with Crippen molar-refractivity contribution in [2.75, 3.05) is 6.61 Å². The maximum absolute atomic E-state index is 10.7. The molecule has 82 valence electrons. The standard InChI is InChI=1S/C13H18O2/c1-4-10(3)12-8-11(9-14)6-7-13(12)15-5-2/h6-10H,4-5H2,1-3H3/t10-/m0/s1. The molecule has 0 aliphatic rings. The van der Waals surface area contributed by atoms with E-state index >= 15 is 0 Å². The van der Waals surface area contributed by atoms with Crippen molar-refractivity contribution in [3.63, 3.8) is 0 Å². The van der Waals surface area contributed by atoms with E-state index in [9.17, 15) is 4.79 Å². The maximum Gasteiger partial charge on any atom is 0.150 e. The lowest BCUT2D eigenvalue weighted by Crippen LogP contribution is -2.00. The second-order valence-electron chi connectivity index (χ2n) is 3.66. The van der Waals surface area contributed by atoms with Crippen molar-refractivity contribution in [1.82, 2.24) is 0 Å². The van der Waals surface area contributed by atoms with E-state index in [1.165, 1.54) is 0 Å². The number of carbonyl (C=O) groups is 1. The van der Waals surface area contributed by atoms with E-state index in [0.717, 1.165) is 24.0 Å². The van der Waals surface area contributed by atoms with Crippen molar-refractivity contribution >= 4 is 6.29 Å². The van der Waals surface area contributed by atoms with E-state index in [0.29, 0.717) is 18.1 Å². The molecule has 1 rings (SSSR count). The number of hydrogen-bond acceptors (Lipinski definition) is 2. The summed E-state index contributed by atoms with van der Waals surface area (Å²) in [6.45, 7) is 6.90. The van der Waals surface area contributed by atoms with E-state index in [-0.39, 0.29) is 0 Å². The van der Waals surface area contributed by atoms with Crippen LogP contribution in [0.5, 0.6) is 5.75 Å². The van der Waals surface area contributed by atoms with Crippen LogP contribution in [-0.2, 0) is 0 Å². The lowest BCUT2D eigenvalue weighted by molar-refractivity contribution is 0.112. The Balaban J connectivity index is 3.09. The molecule has 0 unspecified atom stereocenters. The molecule has 1 aromatic rings. The van der Waals surface area contributed by atoms with E-state index in [1.807, 2.05) is 19.1 Å². The van der Waals surface area contributed by atoms with Gasteiger partial charge in [0.15, 0.2) is 0 Å². The molecule has 0 saturated heterocycles. The van der Waals surface area contributed by atoms with E-state index in [2.05, 4.69) is 13.8 Å². The number of hydrogen-bond donors (Lipinski definition) is 0. The third-order valence-electron chi connectivity index (χ3n) is 2.61. The van der Waals surface area contributed by atoms with Crippen LogP contribution in [0.1, 0.15) is 49.0 Å². The average Bonchev–Trinajstić information content (AvgIpc) is 2.29. The largest absolute Gasteiger partial charge is 0.494 e. The third kappa shape index (κ3) is 2.82. The van der Waals surface area contributed by atoms with Gasteiger partial charge >= 0.3 is 0 Å². The highest BCUT2D eigenvalue weighted by molar-refractivity contribution is 5.75. The topological polar surface area (TPSA) is 26.3 Å². The third-order valence-corrected chi connectivity index (χ3v) is 2.61. The number of carbonyl (C=O) groups excluding carboxylic acids is 1. The first-order chi connectivity index (χ1) is 7.22. The first-order valence-electron chi connectivity index (χ1n) is 5.44. The summed E-state index contributed by atoms with van der Waals surface area (Å²) in [5, 5.41) is 0. The molecule has 0 aliphatic heterocycles. The van der Waals surface area contributed by atoms with Crippen molar-refractivity contribution in [3.05, 3.63) is 29.3 Å². The van der Waals surface area contributed by atoms with Gasteiger partial charge in [-0.05, 0) is 43.0 Å². The molecule has 0 heterocycles. The fourth-order valence-electron chi connectivity index (χ4n) is 1.53. The molecule has 0 saturated carbocycles. The Morgan fingerprint density at radius 2 is 2.13 bits per heavy atom. The van der Waals surface area contributed by atoms with Gasteiger partial charge in [0.05, 0.1) is 6.61 Å². The molecule has 0 spiro atoms. The quantitative estimate of drug-likeness (QED) is 0.690. The Kier molecular flexibility index (Phi) is 4.35. The minimum absolute atomic E-state index is 0.423. The Morgan fingerprint density at radius 3 is 2.67 bits per heavy atom. The van der Waals surface area contributed by atoms with Crippen LogP contribution in [0.3, 0.4) is 0 Å². The van der Waals surface area contributed by atoms with E-state index in [1.54, 1.807) is 6.07 Å². The molecule has 15 heavy (non-hydrogen) atoms. The fraction of sp³-hybridized carbons (Fsp3) is 0.462. The second-order valence-corrected chi connectivity index (χ2v) is 3.66. The molecular weight excluding hydrogens is 188 g/mol. The van der Waals surface area contributed by atoms with Crippen LogP contribution in [-0.4, -0.2) is 12.9 Å². The summed E-state index contributed by atoms with van der Waals surface area (Å²) < 4.78 is 5.54. The molecule has 1 atom stereocenters. The van der Waals surface area contributed by atoms with Crippen LogP contribution in [0, 0.1) is 0 Å². The molecule has 2 nitrogen and oxygen atoms in total. The Morgan fingerprint density at radius 1 is 1.40 bits per heavy atom. The van der Waals surface area contributed by atoms with Crippen molar-refractivity contribution in [3.8, 4) is 5.75 Å². The molecule has 0 aromatic heterocycles. The van der Waals surface area contributed by atoms with Crippen LogP contribution in [0.2, 0.25) is 0 Å². The number of ether oxygens (including phenoxy) is 1. The lowest BCUT2D eigenvalue weighted by Gasteiger charge is -2.15. The molecule has 2 heteroatoms. The van der Waals surface area contributed by atoms with Crippen molar-refractivity contribution < 1.29 is 9.53 Å². The minimum Gasteiger partial charge on any atom is -0.494 e. The molecule has 0 N–H and O–H groups in total. The van der Waals surface area contributed by atoms with Gasteiger partial charge in [-0.25, -0.2) is 0 Å². The molecule has 0 radical (unpaired) electrons. The molecule has 0 amide bonds. The van der Waals surface area contributed by atoms with Gasteiger partial charge in [-0.2, -0.15) is 0 Å². The van der Waals surface area contributed by atoms with Crippen LogP contribution in [0.4, 0.5) is 0 Å². The maximum atomic E-state index is 10.7. The normalized spacial score (nSPS) is 12.2. The molecule has 0 aliphatic carbocycles. The van der Waals surface area contributed by atoms with Gasteiger partial charge in [0.25, 0.3) is 0 Å². The monoisotopic (exact) mass is 206 g/mol. The summed E-state index contributed by atoms with van der Waals surface area (Å²) in [6.07, 6.45) is 1.92. The predicted octanol–water partition coefficient (Wildman–Crippen LogP) is 3.41. The van der Waals surface area contributed by atoms with E-state index < -0.39 is 0 Å². The first-order valence-corrected chi connectivity index (χ1v) is 5.44. The smallest absolute Gasteiger partial charge is 0.150 e. The van der Waals surface area contributed by atoms with Gasteiger partial charge in [-0.3, -0.25) is 4.79 Å². The summed E-state index contributed by atoms with van der Waals surface area (Å²) in [5.74, 6) is 1.32. The predicted molar refractivity (Wildman–Crippen MR) is 61.7 cm³/mol. The SMILES string of the molecule is CCOc1ccc(C=O)cc1[C@@H](C)CC. The zero-order chi connectivity index (χ0) is 11.3. The lowest BCUT2D eigenvalue weighted by atomic mass is 9.96. The van der Waals surface area contributed by atoms with Gasteiger partial charge in [-0.15, -0.1) is 0 Å².